The fourth-order valence-corrected chi connectivity index (χ4v) is 3.74. The summed E-state index contributed by atoms with van der Waals surface area (Å²) >= 11 is 1.70. The summed E-state index contributed by atoms with van der Waals surface area (Å²) in [7, 11) is 0. The van der Waals surface area contributed by atoms with Gasteiger partial charge in [-0.05, 0) is 45.1 Å². The number of nitrogens with zero attached hydrogens (tertiary/aromatic N) is 1. The van der Waals surface area contributed by atoms with Crippen molar-refractivity contribution >= 4 is 17.2 Å². The van der Waals surface area contributed by atoms with E-state index in [9.17, 15) is 4.79 Å². The second-order valence-electron chi connectivity index (χ2n) is 6.27. The van der Waals surface area contributed by atoms with Gasteiger partial charge in [0, 0.05) is 11.5 Å². The number of nitrogens with one attached hydrogen (secondary N) is 1. The van der Waals surface area contributed by atoms with Gasteiger partial charge in [0.25, 0.3) is 0 Å². The summed E-state index contributed by atoms with van der Waals surface area (Å²) in [5.74, 6) is 0.240. The predicted molar refractivity (Wildman–Crippen MR) is 79.6 cm³/mol. The standard InChI is InChI=1S/C15H22N2O2S/c1-4-19-14(2,3)10-17-12(11-6-5-9-20-11)16-15(7-8-15)13(17)18/h5-6,9,12,16H,4,7-8,10H2,1-3H3. The maximum atomic E-state index is 12.7. The molecule has 3 rings (SSSR count). The largest absolute Gasteiger partial charge is 0.374 e. The van der Waals surface area contributed by atoms with Crippen molar-refractivity contribution in [2.75, 3.05) is 13.2 Å². The zero-order chi connectivity index (χ0) is 14.4. The lowest BCUT2D eigenvalue weighted by molar-refractivity contribution is -0.135. The zero-order valence-corrected chi connectivity index (χ0v) is 13.1. The molecule has 2 fully saturated rings. The molecule has 4 nitrogen and oxygen atoms in total. The predicted octanol–water partition coefficient (Wildman–Crippen LogP) is 2.53. The van der Waals surface area contributed by atoms with Gasteiger partial charge >= 0.3 is 0 Å². The van der Waals surface area contributed by atoms with E-state index in [2.05, 4.69) is 16.8 Å². The molecule has 110 valence electrons. The van der Waals surface area contributed by atoms with Gasteiger partial charge in [-0.1, -0.05) is 6.07 Å². The van der Waals surface area contributed by atoms with Gasteiger partial charge in [0.15, 0.2) is 0 Å². The van der Waals surface area contributed by atoms with Crippen LogP contribution < -0.4 is 5.32 Å². The fourth-order valence-electron chi connectivity index (χ4n) is 2.96. The summed E-state index contributed by atoms with van der Waals surface area (Å²) in [6.45, 7) is 7.37. The van der Waals surface area contributed by atoms with Gasteiger partial charge in [0.2, 0.25) is 5.91 Å². The molecule has 20 heavy (non-hydrogen) atoms. The van der Waals surface area contributed by atoms with Crippen molar-refractivity contribution in [3.63, 3.8) is 0 Å². The van der Waals surface area contributed by atoms with E-state index in [1.807, 2.05) is 31.7 Å². The van der Waals surface area contributed by atoms with Crippen LogP contribution in [0.5, 0.6) is 0 Å². The molecule has 1 aliphatic heterocycles. The molecule has 2 heterocycles. The second-order valence-corrected chi connectivity index (χ2v) is 7.25. The zero-order valence-electron chi connectivity index (χ0n) is 12.3. The number of rotatable bonds is 5. The molecule has 1 N–H and O–H groups in total. The summed E-state index contributed by atoms with van der Waals surface area (Å²) in [5, 5.41) is 5.60. The van der Waals surface area contributed by atoms with Gasteiger partial charge in [0.05, 0.1) is 12.1 Å². The summed E-state index contributed by atoms with van der Waals surface area (Å²) in [6, 6.07) is 4.13. The van der Waals surface area contributed by atoms with Crippen LogP contribution in [-0.2, 0) is 9.53 Å². The van der Waals surface area contributed by atoms with Crippen molar-refractivity contribution in [2.24, 2.45) is 0 Å². The first kappa shape index (κ1) is 14.0. The van der Waals surface area contributed by atoms with Gasteiger partial charge in [-0.15, -0.1) is 11.3 Å². The van der Waals surface area contributed by atoms with E-state index in [1.54, 1.807) is 11.3 Å². The number of thiophene rings is 1. The van der Waals surface area contributed by atoms with Crippen LogP contribution in [0.4, 0.5) is 0 Å². The number of carbonyl (C=O) groups excluding carboxylic acids is 1. The molecule has 0 radical (unpaired) electrons. The van der Waals surface area contributed by atoms with E-state index < -0.39 is 0 Å². The quantitative estimate of drug-likeness (QED) is 0.907. The molecule has 1 unspecified atom stereocenters. The number of ether oxygens (including phenoxy) is 1. The Kier molecular flexibility index (Phi) is 3.39. The molecule has 1 aliphatic carbocycles. The Morgan fingerprint density at radius 3 is 2.85 bits per heavy atom. The van der Waals surface area contributed by atoms with Crippen LogP contribution in [0.1, 0.15) is 44.7 Å². The van der Waals surface area contributed by atoms with Crippen LogP contribution >= 0.6 is 11.3 Å². The van der Waals surface area contributed by atoms with E-state index in [0.717, 1.165) is 12.8 Å². The molecule has 1 spiro atoms. The molecule has 1 aromatic rings. The first-order chi connectivity index (χ1) is 9.47. The second kappa shape index (κ2) is 4.83. The monoisotopic (exact) mass is 294 g/mol. The minimum Gasteiger partial charge on any atom is -0.374 e. The maximum absolute atomic E-state index is 12.7. The average Bonchev–Trinajstić information content (AvgIpc) is 2.86. The summed E-state index contributed by atoms with van der Waals surface area (Å²) < 4.78 is 5.78. The third kappa shape index (κ3) is 2.38. The maximum Gasteiger partial charge on any atom is 0.244 e. The van der Waals surface area contributed by atoms with E-state index in [1.165, 1.54) is 4.88 Å². The molecule has 1 atom stereocenters. The van der Waals surface area contributed by atoms with Crippen LogP contribution in [0.25, 0.3) is 0 Å². The highest BCUT2D eigenvalue weighted by molar-refractivity contribution is 7.10. The van der Waals surface area contributed by atoms with E-state index in [0.29, 0.717) is 13.2 Å². The van der Waals surface area contributed by atoms with Crippen molar-refractivity contribution in [3.8, 4) is 0 Å². The van der Waals surface area contributed by atoms with Crippen LogP contribution in [0.2, 0.25) is 0 Å². The van der Waals surface area contributed by atoms with Gasteiger partial charge < -0.3 is 9.64 Å². The van der Waals surface area contributed by atoms with E-state index in [-0.39, 0.29) is 23.2 Å². The number of amides is 1. The summed E-state index contributed by atoms with van der Waals surface area (Å²) in [5.41, 5.74) is -0.598. The Morgan fingerprint density at radius 2 is 2.30 bits per heavy atom. The highest BCUT2D eigenvalue weighted by Crippen LogP contribution is 2.47. The van der Waals surface area contributed by atoms with Crippen molar-refractivity contribution in [1.82, 2.24) is 10.2 Å². The van der Waals surface area contributed by atoms with Crippen molar-refractivity contribution in [1.29, 1.82) is 0 Å². The van der Waals surface area contributed by atoms with Gasteiger partial charge in [-0.2, -0.15) is 0 Å². The number of carbonyl (C=O) groups is 1. The molecule has 1 saturated heterocycles. The van der Waals surface area contributed by atoms with Crippen molar-refractivity contribution < 1.29 is 9.53 Å². The topological polar surface area (TPSA) is 41.6 Å². The Balaban J connectivity index is 1.83. The molecule has 0 bridgehead atoms. The van der Waals surface area contributed by atoms with Gasteiger partial charge in [0.1, 0.15) is 11.7 Å². The third-order valence-electron chi connectivity index (χ3n) is 4.04. The highest BCUT2D eigenvalue weighted by Gasteiger charge is 2.60. The third-order valence-corrected chi connectivity index (χ3v) is 4.97. The van der Waals surface area contributed by atoms with E-state index >= 15 is 0 Å². The average molecular weight is 294 g/mol. The molecule has 2 aliphatic rings. The molecule has 5 heteroatoms. The van der Waals surface area contributed by atoms with Crippen LogP contribution in [-0.4, -0.2) is 35.1 Å². The molecule has 1 amide bonds. The Bertz CT molecular complexity index is 494. The van der Waals surface area contributed by atoms with Crippen molar-refractivity contribution in [2.45, 2.75) is 50.9 Å². The summed E-state index contributed by atoms with van der Waals surface area (Å²) in [6.07, 6.45) is 1.92. The first-order valence-electron chi connectivity index (χ1n) is 7.24. The minimum absolute atomic E-state index is 0.00438. The van der Waals surface area contributed by atoms with E-state index in [4.69, 9.17) is 4.74 Å². The van der Waals surface area contributed by atoms with Crippen molar-refractivity contribution in [3.05, 3.63) is 22.4 Å². The highest BCUT2D eigenvalue weighted by atomic mass is 32.1. The van der Waals surface area contributed by atoms with Gasteiger partial charge in [-0.25, -0.2) is 0 Å². The molecule has 0 aromatic carbocycles. The molecule has 1 aromatic heterocycles. The Hall–Kier alpha value is -0.910. The Morgan fingerprint density at radius 1 is 1.55 bits per heavy atom. The molecular formula is C15H22N2O2S. The summed E-state index contributed by atoms with van der Waals surface area (Å²) in [4.78, 5) is 15.9. The lowest BCUT2D eigenvalue weighted by atomic mass is 10.1. The first-order valence-corrected chi connectivity index (χ1v) is 8.11. The van der Waals surface area contributed by atoms with Crippen LogP contribution in [0.15, 0.2) is 17.5 Å². The fraction of sp³-hybridized carbons (Fsp3) is 0.667. The lowest BCUT2D eigenvalue weighted by Crippen LogP contribution is -2.43. The van der Waals surface area contributed by atoms with Crippen LogP contribution in [0.3, 0.4) is 0 Å². The number of hydrogen-bond acceptors (Lipinski definition) is 4. The van der Waals surface area contributed by atoms with Gasteiger partial charge in [-0.3, -0.25) is 10.1 Å². The van der Waals surface area contributed by atoms with Crippen LogP contribution in [0, 0.1) is 0 Å². The smallest absolute Gasteiger partial charge is 0.244 e. The Labute approximate surface area is 124 Å². The molecule has 1 saturated carbocycles. The minimum atomic E-state index is -0.317. The normalized spacial score (nSPS) is 24.6. The SMILES string of the molecule is CCOC(C)(C)CN1C(=O)C2(CC2)NC1c1cccs1. The number of hydrogen-bond donors (Lipinski definition) is 1. The lowest BCUT2D eigenvalue weighted by Gasteiger charge is -2.33. The molecular weight excluding hydrogens is 272 g/mol.